The summed E-state index contributed by atoms with van der Waals surface area (Å²) in [5, 5.41) is 2.95. The van der Waals surface area contributed by atoms with Crippen LogP contribution in [0.25, 0.3) is 0 Å². The Morgan fingerprint density at radius 2 is 1.80 bits per heavy atom. The van der Waals surface area contributed by atoms with E-state index < -0.39 is 28.0 Å². The number of carbonyl (C=O) groups excluding carboxylic acids is 2. The molecule has 0 aliphatic rings. The summed E-state index contributed by atoms with van der Waals surface area (Å²) in [4.78, 5) is 23.3. The van der Waals surface area contributed by atoms with E-state index in [0.29, 0.717) is 16.1 Å². The highest BCUT2D eigenvalue weighted by atomic mass is 35.5. The highest BCUT2D eigenvalue weighted by molar-refractivity contribution is 7.90. The number of hydrogen-bond donors (Lipinski definition) is 1. The van der Waals surface area contributed by atoms with Gasteiger partial charge < -0.3 is 19.5 Å². The third-order valence-electron chi connectivity index (χ3n) is 4.07. The minimum atomic E-state index is -3.62. The lowest BCUT2D eigenvalue weighted by Gasteiger charge is -2.21. The number of nitrogens with one attached hydrogen (secondary N) is 1. The molecule has 0 spiro atoms. The van der Waals surface area contributed by atoms with E-state index in [1.807, 2.05) is 0 Å². The molecule has 162 valence electrons. The predicted molar refractivity (Wildman–Crippen MR) is 111 cm³/mol. The number of rotatable bonds is 8. The van der Waals surface area contributed by atoms with Gasteiger partial charge in [-0.2, -0.15) is 0 Å². The lowest BCUT2D eigenvalue weighted by molar-refractivity contribution is 0.0598. The third kappa shape index (κ3) is 6.45. The lowest BCUT2D eigenvalue weighted by atomic mass is 9.99. The van der Waals surface area contributed by atoms with Crippen molar-refractivity contribution in [2.75, 3.05) is 33.6 Å². The summed E-state index contributed by atoms with van der Waals surface area (Å²) >= 11 is 6.11. The van der Waals surface area contributed by atoms with Gasteiger partial charge in [-0.1, -0.05) is 23.7 Å². The van der Waals surface area contributed by atoms with Crippen molar-refractivity contribution in [3.05, 3.63) is 64.2 Å². The van der Waals surface area contributed by atoms with Gasteiger partial charge >= 0.3 is 12.1 Å². The summed E-state index contributed by atoms with van der Waals surface area (Å²) in [6.45, 7) is 0.238. The van der Waals surface area contributed by atoms with Gasteiger partial charge in [0.25, 0.3) is 0 Å². The molecule has 0 saturated carbocycles. The Morgan fingerprint density at radius 1 is 1.07 bits per heavy atom. The van der Waals surface area contributed by atoms with Gasteiger partial charge in [-0.25, -0.2) is 18.0 Å². The smallest absolute Gasteiger partial charge is 0.406 e. The van der Waals surface area contributed by atoms with E-state index in [1.54, 1.807) is 24.3 Å². The van der Waals surface area contributed by atoms with Gasteiger partial charge in [0.05, 0.1) is 31.3 Å². The van der Waals surface area contributed by atoms with Crippen LogP contribution in [0.1, 0.15) is 27.6 Å². The molecule has 8 nitrogen and oxygen atoms in total. The van der Waals surface area contributed by atoms with Crippen molar-refractivity contribution in [2.45, 2.75) is 11.0 Å². The molecule has 2 aromatic carbocycles. The fraction of sp³-hybridized carbons (Fsp3) is 0.300. The van der Waals surface area contributed by atoms with Crippen molar-refractivity contribution in [2.24, 2.45) is 0 Å². The van der Waals surface area contributed by atoms with Crippen LogP contribution < -0.4 is 5.32 Å². The van der Waals surface area contributed by atoms with Gasteiger partial charge in [-0.15, -0.1) is 0 Å². The van der Waals surface area contributed by atoms with Crippen LogP contribution in [0.5, 0.6) is 0 Å². The molecule has 1 atom stereocenters. The quantitative estimate of drug-likeness (QED) is 0.481. The summed E-state index contributed by atoms with van der Waals surface area (Å²) in [5.74, 6) is -0.682. The molecule has 0 aliphatic carbocycles. The maximum atomic E-state index is 12.2. The van der Waals surface area contributed by atoms with E-state index in [9.17, 15) is 18.0 Å². The van der Waals surface area contributed by atoms with Crippen LogP contribution >= 0.6 is 11.6 Å². The maximum Gasteiger partial charge on any atom is 0.406 e. The molecule has 10 heteroatoms. The standard InChI is InChI=1S/C20H22ClNO7S/c1-27-19(23)15-9-14(11-17(12-15)30(3,25)26)18(13-5-4-6-16(21)10-13)29-8-7-22-20(24)28-2/h4-6,9-12,18H,7-8H2,1-3H3,(H,22,24). The second-order valence-corrected chi connectivity index (χ2v) is 8.73. The molecule has 1 N–H and O–H groups in total. The zero-order chi connectivity index (χ0) is 22.3. The molecule has 1 amide bonds. The van der Waals surface area contributed by atoms with Crippen molar-refractivity contribution < 1.29 is 32.2 Å². The van der Waals surface area contributed by atoms with Crippen LogP contribution in [-0.4, -0.2) is 54.1 Å². The Kier molecular flexibility index (Phi) is 8.22. The topological polar surface area (TPSA) is 108 Å². The Labute approximate surface area is 180 Å². The lowest BCUT2D eigenvalue weighted by Crippen LogP contribution is -2.27. The summed E-state index contributed by atoms with van der Waals surface area (Å²) in [6.07, 6.45) is -0.318. The van der Waals surface area contributed by atoms with Crippen LogP contribution in [0.15, 0.2) is 47.4 Å². The molecule has 0 aliphatic heterocycles. The first kappa shape index (κ1) is 23.7. The summed E-state index contributed by atoms with van der Waals surface area (Å²) in [6, 6.07) is 11.0. The molecule has 0 saturated heterocycles. The Bertz CT molecular complexity index is 1020. The average Bonchev–Trinajstić information content (AvgIpc) is 2.71. The number of halogens is 1. The zero-order valence-electron chi connectivity index (χ0n) is 16.7. The number of sulfone groups is 1. The molecule has 0 radical (unpaired) electrons. The minimum Gasteiger partial charge on any atom is -0.465 e. The molecular weight excluding hydrogens is 434 g/mol. The number of methoxy groups -OCH3 is 2. The van der Waals surface area contributed by atoms with Crippen molar-refractivity contribution >= 4 is 33.5 Å². The fourth-order valence-electron chi connectivity index (χ4n) is 2.68. The number of esters is 1. The first-order valence-electron chi connectivity index (χ1n) is 8.78. The Hall–Kier alpha value is -2.62. The van der Waals surface area contributed by atoms with E-state index in [1.165, 1.54) is 32.4 Å². The van der Waals surface area contributed by atoms with Crippen molar-refractivity contribution in [1.82, 2.24) is 5.32 Å². The Morgan fingerprint density at radius 3 is 2.40 bits per heavy atom. The SMILES string of the molecule is COC(=O)NCCOC(c1cccc(Cl)c1)c1cc(C(=O)OC)cc(S(C)(=O)=O)c1. The van der Waals surface area contributed by atoms with Gasteiger partial charge in [-0.05, 0) is 41.5 Å². The van der Waals surface area contributed by atoms with Crippen LogP contribution in [0.4, 0.5) is 4.79 Å². The second kappa shape index (κ2) is 10.4. The monoisotopic (exact) mass is 455 g/mol. The third-order valence-corrected chi connectivity index (χ3v) is 5.40. The van der Waals surface area contributed by atoms with Crippen LogP contribution in [0.2, 0.25) is 5.02 Å². The number of benzene rings is 2. The molecule has 30 heavy (non-hydrogen) atoms. The van der Waals surface area contributed by atoms with Gasteiger partial charge in [0, 0.05) is 17.8 Å². The van der Waals surface area contributed by atoms with Crippen LogP contribution in [-0.2, 0) is 24.0 Å². The molecule has 0 aromatic heterocycles. The van der Waals surface area contributed by atoms with Crippen LogP contribution in [0.3, 0.4) is 0 Å². The molecule has 2 aromatic rings. The van der Waals surface area contributed by atoms with Crippen LogP contribution in [0, 0.1) is 0 Å². The van der Waals surface area contributed by atoms with Gasteiger partial charge in [0.15, 0.2) is 9.84 Å². The first-order valence-corrected chi connectivity index (χ1v) is 11.0. The van der Waals surface area contributed by atoms with E-state index in [-0.39, 0.29) is 23.6 Å². The normalized spacial score (nSPS) is 12.1. The summed E-state index contributed by atoms with van der Waals surface area (Å²) < 4.78 is 39.5. The number of carbonyl (C=O) groups is 2. The number of ether oxygens (including phenoxy) is 3. The largest absolute Gasteiger partial charge is 0.465 e. The molecule has 0 fully saturated rings. The number of amides is 1. The maximum absolute atomic E-state index is 12.2. The fourth-order valence-corrected chi connectivity index (χ4v) is 3.57. The van der Waals surface area contributed by atoms with E-state index in [4.69, 9.17) is 21.1 Å². The zero-order valence-corrected chi connectivity index (χ0v) is 18.2. The minimum absolute atomic E-state index is 0.0521. The average molecular weight is 456 g/mol. The van der Waals surface area contributed by atoms with Crippen molar-refractivity contribution in [1.29, 1.82) is 0 Å². The highest BCUT2D eigenvalue weighted by Crippen LogP contribution is 2.30. The summed E-state index contributed by atoms with van der Waals surface area (Å²) in [7, 11) is -1.16. The van der Waals surface area contributed by atoms with Gasteiger partial charge in [0.2, 0.25) is 0 Å². The van der Waals surface area contributed by atoms with E-state index >= 15 is 0 Å². The van der Waals surface area contributed by atoms with E-state index in [0.717, 1.165) is 6.26 Å². The predicted octanol–water partition coefficient (Wildman–Crippen LogP) is 2.99. The van der Waals surface area contributed by atoms with Gasteiger partial charge in [0.1, 0.15) is 6.10 Å². The number of alkyl carbamates (subject to hydrolysis) is 1. The molecular formula is C20H22ClNO7S. The number of hydrogen-bond acceptors (Lipinski definition) is 7. The van der Waals surface area contributed by atoms with Gasteiger partial charge in [-0.3, -0.25) is 0 Å². The highest BCUT2D eigenvalue weighted by Gasteiger charge is 2.21. The van der Waals surface area contributed by atoms with Crippen molar-refractivity contribution in [3.63, 3.8) is 0 Å². The molecule has 0 heterocycles. The van der Waals surface area contributed by atoms with Crippen molar-refractivity contribution in [3.8, 4) is 0 Å². The molecule has 0 bridgehead atoms. The Balaban J connectivity index is 2.48. The van der Waals surface area contributed by atoms with E-state index in [2.05, 4.69) is 10.1 Å². The molecule has 2 rings (SSSR count). The molecule has 1 unspecified atom stereocenters. The second-order valence-electron chi connectivity index (χ2n) is 6.28. The summed E-state index contributed by atoms with van der Waals surface area (Å²) in [5.41, 5.74) is 1.12. The first-order chi connectivity index (χ1) is 14.2.